The molecule has 0 fully saturated rings. The van der Waals surface area contributed by atoms with Crippen molar-refractivity contribution in [2.24, 2.45) is 10.3 Å². The Morgan fingerprint density at radius 3 is 2.69 bits per heavy atom. The number of benzene rings is 2. The fourth-order valence-corrected chi connectivity index (χ4v) is 4.05. The smallest absolute Gasteiger partial charge is 0.296 e. The van der Waals surface area contributed by atoms with E-state index in [0.717, 1.165) is 28.0 Å². The highest BCUT2D eigenvalue weighted by molar-refractivity contribution is 7.92. The molecule has 2 aromatic rings. The van der Waals surface area contributed by atoms with Crippen LogP contribution in [-0.4, -0.2) is 39.0 Å². The van der Waals surface area contributed by atoms with Gasteiger partial charge in [0.2, 0.25) is 0 Å². The lowest BCUT2D eigenvalue weighted by molar-refractivity contribution is -0.129. The topological polar surface area (TPSA) is 123 Å². The van der Waals surface area contributed by atoms with Crippen LogP contribution in [-0.2, 0) is 27.4 Å². The summed E-state index contributed by atoms with van der Waals surface area (Å²) >= 11 is -1.44. The molecule has 2 aromatic carbocycles. The van der Waals surface area contributed by atoms with E-state index in [-0.39, 0.29) is 19.1 Å². The van der Waals surface area contributed by atoms with Crippen LogP contribution in [0.15, 0.2) is 58.9 Å². The third-order valence-corrected chi connectivity index (χ3v) is 5.95. The van der Waals surface area contributed by atoms with Gasteiger partial charge in [-0.3, -0.25) is 10.0 Å². The summed E-state index contributed by atoms with van der Waals surface area (Å²) in [5, 5.41) is 15.0. The standard InChI is InChI=1S/C20H21N3O5S/c1-29(27)19(20(24)22-26)11-17-10-18(23-28-17)15-7-5-14(6-8-15)16-4-2-3-13(9-16)12-21-25/h2-9,17,19,26H,10-12H2,1H3,(H,22,24). The molecule has 0 aromatic heterocycles. The Kier molecular flexibility index (Phi) is 6.97. The first-order valence-corrected chi connectivity index (χ1v) is 10.6. The molecular weight excluding hydrogens is 394 g/mol. The van der Waals surface area contributed by atoms with Gasteiger partial charge in [-0.2, -0.15) is 4.91 Å². The first kappa shape index (κ1) is 21.0. The van der Waals surface area contributed by atoms with Crippen LogP contribution in [0.3, 0.4) is 0 Å². The van der Waals surface area contributed by atoms with Gasteiger partial charge in [-0.05, 0) is 39.5 Å². The van der Waals surface area contributed by atoms with Crippen LogP contribution < -0.4 is 5.48 Å². The fraction of sp³-hybridized carbons (Fsp3) is 0.300. The Morgan fingerprint density at radius 2 is 2.03 bits per heavy atom. The number of oxime groups is 1. The van der Waals surface area contributed by atoms with Gasteiger partial charge in [0.05, 0.1) is 12.0 Å². The van der Waals surface area contributed by atoms with E-state index in [1.54, 1.807) is 5.48 Å². The number of hydrogen-bond donors (Lipinski definition) is 2. The average molecular weight is 415 g/mol. The second kappa shape index (κ2) is 9.64. The largest absolute Gasteiger partial charge is 0.616 e. The first-order valence-electron chi connectivity index (χ1n) is 8.99. The number of carbonyl (C=O) groups excluding carboxylic acids is 1. The summed E-state index contributed by atoms with van der Waals surface area (Å²) in [6.07, 6.45) is 1.70. The Bertz CT molecular complexity index is 901. The van der Waals surface area contributed by atoms with Gasteiger partial charge in [-0.1, -0.05) is 52.8 Å². The number of rotatable bonds is 8. The zero-order chi connectivity index (χ0) is 20.8. The minimum Gasteiger partial charge on any atom is -0.616 e. The van der Waals surface area contributed by atoms with E-state index in [0.29, 0.717) is 6.42 Å². The second-order valence-corrected chi connectivity index (χ2v) is 8.30. The molecule has 1 heterocycles. The number of carbonyl (C=O) groups is 1. The van der Waals surface area contributed by atoms with Gasteiger partial charge >= 0.3 is 0 Å². The van der Waals surface area contributed by atoms with Crippen molar-refractivity contribution in [3.05, 3.63) is 64.6 Å². The average Bonchev–Trinajstić information content (AvgIpc) is 3.20. The normalized spacial score (nSPS) is 17.8. The summed E-state index contributed by atoms with van der Waals surface area (Å²) in [5.41, 5.74) is 6.02. The maximum atomic E-state index is 11.7. The summed E-state index contributed by atoms with van der Waals surface area (Å²) in [7, 11) is 0. The zero-order valence-corrected chi connectivity index (χ0v) is 16.6. The highest BCUT2D eigenvalue weighted by Crippen LogP contribution is 2.25. The number of hydroxylamine groups is 1. The van der Waals surface area contributed by atoms with Gasteiger partial charge in [-0.15, -0.1) is 0 Å². The number of nitroso groups, excluding NO2 is 1. The third kappa shape index (κ3) is 5.20. The quantitative estimate of drug-likeness (QED) is 0.297. The fourth-order valence-electron chi connectivity index (χ4n) is 3.21. The highest BCUT2D eigenvalue weighted by atomic mass is 32.2. The van der Waals surface area contributed by atoms with Crippen molar-refractivity contribution in [2.75, 3.05) is 6.26 Å². The minimum absolute atomic E-state index is 0.138. The van der Waals surface area contributed by atoms with Crippen LogP contribution in [0.25, 0.3) is 11.1 Å². The SMILES string of the molecule is C[S+]([O-])C(CC1CC(c2ccc(-c3cccc(CN=O)c3)cc2)=NO1)C(=O)NO. The van der Waals surface area contributed by atoms with Crippen LogP contribution in [0.2, 0.25) is 0 Å². The molecule has 3 unspecified atom stereocenters. The minimum atomic E-state index is -1.44. The van der Waals surface area contributed by atoms with Crippen LogP contribution in [0.4, 0.5) is 0 Å². The molecule has 8 nitrogen and oxygen atoms in total. The molecule has 0 saturated heterocycles. The molecule has 152 valence electrons. The molecule has 1 aliphatic heterocycles. The lowest BCUT2D eigenvalue weighted by atomic mass is 9.98. The summed E-state index contributed by atoms with van der Waals surface area (Å²) in [4.78, 5) is 27.5. The van der Waals surface area contributed by atoms with E-state index in [9.17, 15) is 14.3 Å². The predicted octanol–water partition coefficient (Wildman–Crippen LogP) is 2.76. The predicted molar refractivity (Wildman–Crippen MR) is 110 cm³/mol. The number of nitrogens with one attached hydrogen (secondary N) is 1. The molecule has 1 aliphatic rings. The molecule has 9 heteroatoms. The first-order chi connectivity index (χ1) is 14.0. The van der Waals surface area contributed by atoms with Gasteiger partial charge in [-0.25, -0.2) is 5.48 Å². The Balaban J connectivity index is 1.66. The summed E-state index contributed by atoms with van der Waals surface area (Å²) in [5.74, 6) is -0.695. The number of nitrogens with zero attached hydrogens (tertiary/aromatic N) is 2. The molecule has 2 N–H and O–H groups in total. The monoisotopic (exact) mass is 415 g/mol. The van der Waals surface area contributed by atoms with Gasteiger partial charge in [0, 0.05) is 12.8 Å². The van der Waals surface area contributed by atoms with Gasteiger partial charge in [0.25, 0.3) is 5.91 Å². The van der Waals surface area contributed by atoms with Gasteiger partial charge < -0.3 is 9.39 Å². The molecule has 3 rings (SSSR count). The van der Waals surface area contributed by atoms with Crippen LogP contribution >= 0.6 is 0 Å². The van der Waals surface area contributed by atoms with Crippen molar-refractivity contribution in [1.29, 1.82) is 0 Å². The maximum Gasteiger partial charge on any atom is 0.296 e. The molecular formula is C20H21N3O5S. The third-order valence-electron chi connectivity index (χ3n) is 4.74. The van der Waals surface area contributed by atoms with Crippen LogP contribution in [0.1, 0.15) is 24.0 Å². The van der Waals surface area contributed by atoms with Gasteiger partial charge in [0.1, 0.15) is 12.6 Å². The van der Waals surface area contributed by atoms with Crippen molar-refractivity contribution in [1.82, 2.24) is 5.48 Å². The Labute approximate surface area is 171 Å². The number of hydrogen-bond acceptors (Lipinski definition) is 7. The molecule has 3 atom stereocenters. The van der Waals surface area contributed by atoms with E-state index in [1.807, 2.05) is 48.5 Å². The van der Waals surface area contributed by atoms with Crippen molar-refractivity contribution in [2.45, 2.75) is 30.7 Å². The van der Waals surface area contributed by atoms with Crippen LogP contribution in [0.5, 0.6) is 0 Å². The summed E-state index contributed by atoms with van der Waals surface area (Å²) in [6, 6.07) is 15.4. The molecule has 0 aliphatic carbocycles. The Hall–Kier alpha value is -2.75. The van der Waals surface area contributed by atoms with E-state index in [2.05, 4.69) is 10.3 Å². The van der Waals surface area contributed by atoms with E-state index in [1.165, 1.54) is 6.26 Å². The lowest BCUT2D eigenvalue weighted by Crippen LogP contribution is -2.40. The zero-order valence-electron chi connectivity index (χ0n) is 15.8. The molecule has 0 saturated carbocycles. The molecule has 0 radical (unpaired) electrons. The van der Waals surface area contributed by atoms with Crippen molar-refractivity contribution >= 4 is 22.8 Å². The van der Waals surface area contributed by atoms with Crippen molar-refractivity contribution in [3.8, 4) is 11.1 Å². The van der Waals surface area contributed by atoms with Crippen molar-refractivity contribution < 1.29 is 19.4 Å². The van der Waals surface area contributed by atoms with E-state index >= 15 is 0 Å². The molecule has 0 spiro atoms. The Morgan fingerprint density at radius 1 is 1.31 bits per heavy atom. The highest BCUT2D eigenvalue weighted by Gasteiger charge is 2.34. The maximum absolute atomic E-state index is 11.7. The molecule has 1 amide bonds. The lowest BCUT2D eigenvalue weighted by Gasteiger charge is -2.18. The van der Waals surface area contributed by atoms with Crippen LogP contribution in [0, 0.1) is 4.91 Å². The summed E-state index contributed by atoms with van der Waals surface area (Å²) in [6.45, 7) is 0.138. The molecule has 0 bridgehead atoms. The summed E-state index contributed by atoms with van der Waals surface area (Å²) < 4.78 is 11.7. The number of amides is 1. The van der Waals surface area contributed by atoms with Crippen molar-refractivity contribution in [3.63, 3.8) is 0 Å². The second-order valence-electron chi connectivity index (χ2n) is 6.73. The van der Waals surface area contributed by atoms with Gasteiger partial charge in [0.15, 0.2) is 5.25 Å². The van der Waals surface area contributed by atoms with E-state index < -0.39 is 22.3 Å². The van der Waals surface area contributed by atoms with E-state index in [4.69, 9.17) is 10.0 Å². The molecule has 29 heavy (non-hydrogen) atoms.